The average Bonchev–Trinajstić information content (AvgIpc) is 2.28. The van der Waals surface area contributed by atoms with Gasteiger partial charge < -0.3 is 10.4 Å². The zero-order chi connectivity index (χ0) is 12.7. The van der Waals surface area contributed by atoms with Crippen LogP contribution in [0.1, 0.15) is 6.42 Å². The average molecular weight is 250 g/mol. The smallest absolute Gasteiger partial charge is 0.313 e. The zero-order valence-electron chi connectivity index (χ0n) is 8.84. The molecule has 0 aromatic heterocycles. The van der Waals surface area contributed by atoms with Crippen LogP contribution in [0, 0.1) is 11.3 Å². The maximum atomic E-state index is 11.1. The first-order valence-electron chi connectivity index (χ1n) is 4.73. The lowest BCUT2D eigenvalue weighted by molar-refractivity contribution is -0.133. The number of hydrogen-bond donors (Lipinski definition) is 2. The number of thioether (sulfide) groups is 1. The van der Waals surface area contributed by atoms with Gasteiger partial charge in [0.25, 0.3) is 0 Å². The first-order chi connectivity index (χ1) is 8.11. The third-order valence-corrected chi connectivity index (χ3v) is 2.74. The van der Waals surface area contributed by atoms with Gasteiger partial charge in [-0.1, -0.05) is 0 Å². The van der Waals surface area contributed by atoms with Gasteiger partial charge in [-0.3, -0.25) is 9.59 Å². The molecule has 5 nitrogen and oxygen atoms in total. The summed E-state index contributed by atoms with van der Waals surface area (Å²) in [4.78, 5) is 22.3. The summed E-state index contributed by atoms with van der Waals surface area (Å²) in [5.41, 5.74) is 0.588. The van der Waals surface area contributed by atoms with Crippen molar-refractivity contribution < 1.29 is 14.7 Å². The summed E-state index contributed by atoms with van der Waals surface area (Å²) in [6.07, 6.45) is -0.185. The molecule has 0 fully saturated rings. The number of rotatable bonds is 5. The van der Waals surface area contributed by atoms with E-state index in [2.05, 4.69) is 5.32 Å². The summed E-state index contributed by atoms with van der Waals surface area (Å²) in [7, 11) is 0. The van der Waals surface area contributed by atoms with Crippen LogP contribution in [-0.4, -0.2) is 22.7 Å². The number of carboxylic acids is 1. The van der Waals surface area contributed by atoms with Crippen molar-refractivity contribution in [1.82, 2.24) is 0 Å². The highest BCUT2D eigenvalue weighted by Gasteiger charge is 2.02. The molecule has 1 amide bonds. The molecule has 0 atom stereocenters. The van der Waals surface area contributed by atoms with Crippen LogP contribution in [0.3, 0.4) is 0 Å². The minimum absolute atomic E-state index is 0.000137. The topological polar surface area (TPSA) is 90.2 Å². The first kappa shape index (κ1) is 13.1. The number of carbonyl (C=O) groups is 2. The molecule has 0 aliphatic heterocycles. The molecule has 0 bridgehead atoms. The summed E-state index contributed by atoms with van der Waals surface area (Å²) in [6, 6.07) is 8.52. The van der Waals surface area contributed by atoms with Crippen molar-refractivity contribution in [2.45, 2.75) is 11.3 Å². The molecule has 0 saturated carbocycles. The van der Waals surface area contributed by atoms with Gasteiger partial charge in [0.2, 0.25) is 5.91 Å². The number of nitrogens with zero attached hydrogens (tertiary/aromatic N) is 1. The zero-order valence-corrected chi connectivity index (χ0v) is 9.66. The number of hydrogen-bond acceptors (Lipinski definition) is 4. The van der Waals surface area contributed by atoms with Crippen molar-refractivity contribution in [2.24, 2.45) is 0 Å². The van der Waals surface area contributed by atoms with Gasteiger partial charge in [0.1, 0.15) is 6.42 Å². The molecule has 0 heterocycles. The van der Waals surface area contributed by atoms with E-state index in [9.17, 15) is 9.59 Å². The second-order valence-corrected chi connectivity index (χ2v) is 4.14. The van der Waals surface area contributed by atoms with Crippen molar-refractivity contribution in [2.75, 3.05) is 11.1 Å². The van der Waals surface area contributed by atoms with E-state index >= 15 is 0 Å². The van der Waals surface area contributed by atoms with Gasteiger partial charge in [0.15, 0.2) is 0 Å². The largest absolute Gasteiger partial charge is 0.481 e. The fourth-order valence-corrected chi connectivity index (χ4v) is 1.68. The number of aliphatic carboxylic acids is 1. The van der Waals surface area contributed by atoms with Gasteiger partial charge in [0, 0.05) is 10.6 Å². The minimum atomic E-state index is -0.874. The Labute approximate surface area is 102 Å². The van der Waals surface area contributed by atoms with Crippen LogP contribution in [0.5, 0.6) is 0 Å². The Kier molecular flexibility index (Phi) is 5.04. The monoisotopic (exact) mass is 250 g/mol. The highest BCUT2D eigenvalue weighted by atomic mass is 32.2. The molecule has 6 heteroatoms. The van der Waals surface area contributed by atoms with E-state index in [1.807, 2.05) is 0 Å². The molecule has 2 N–H and O–H groups in total. The lowest BCUT2D eigenvalue weighted by atomic mass is 10.3. The highest BCUT2D eigenvalue weighted by molar-refractivity contribution is 8.00. The molecule has 0 aliphatic rings. The Balaban J connectivity index is 2.53. The third-order valence-electron chi connectivity index (χ3n) is 1.74. The first-order valence-corrected chi connectivity index (χ1v) is 5.72. The fraction of sp³-hybridized carbons (Fsp3) is 0.182. The second kappa shape index (κ2) is 6.55. The van der Waals surface area contributed by atoms with Gasteiger partial charge in [-0.2, -0.15) is 5.26 Å². The predicted octanol–water partition coefficient (Wildman–Crippen LogP) is 1.72. The van der Waals surface area contributed by atoms with Gasteiger partial charge in [-0.05, 0) is 24.3 Å². The van der Waals surface area contributed by atoms with Gasteiger partial charge in [-0.25, -0.2) is 0 Å². The Morgan fingerprint density at radius 2 is 2.00 bits per heavy atom. The molecule has 1 aromatic rings. The molecule has 0 radical (unpaired) electrons. The van der Waals surface area contributed by atoms with E-state index in [1.165, 1.54) is 11.8 Å². The molecule has 1 rings (SSSR count). The summed E-state index contributed by atoms with van der Waals surface area (Å²) in [5, 5.41) is 19.4. The van der Waals surface area contributed by atoms with Crippen LogP contribution in [-0.2, 0) is 9.59 Å². The van der Waals surface area contributed by atoms with E-state index < -0.39 is 5.97 Å². The summed E-state index contributed by atoms with van der Waals surface area (Å²) in [6.45, 7) is 0. The molecule has 0 spiro atoms. The van der Waals surface area contributed by atoms with Crippen molar-refractivity contribution >= 4 is 29.3 Å². The van der Waals surface area contributed by atoms with Crippen molar-refractivity contribution in [3.63, 3.8) is 0 Å². The summed E-state index contributed by atoms with van der Waals surface area (Å²) in [5.74, 6) is -1.24. The molecular weight excluding hydrogens is 240 g/mol. The second-order valence-electron chi connectivity index (χ2n) is 3.09. The number of nitrogens with one attached hydrogen (secondary N) is 1. The summed E-state index contributed by atoms with van der Waals surface area (Å²) < 4.78 is 0. The van der Waals surface area contributed by atoms with Crippen molar-refractivity contribution in [1.29, 1.82) is 5.26 Å². The van der Waals surface area contributed by atoms with Crippen LogP contribution in [0.4, 0.5) is 5.69 Å². The molecular formula is C11H10N2O3S. The van der Waals surface area contributed by atoms with E-state index in [1.54, 1.807) is 30.3 Å². The van der Waals surface area contributed by atoms with Crippen molar-refractivity contribution in [3.8, 4) is 6.07 Å². The maximum Gasteiger partial charge on any atom is 0.313 e. The molecule has 0 unspecified atom stereocenters. The number of carbonyl (C=O) groups excluding carboxylic acids is 1. The number of nitriles is 1. The van der Waals surface area contributed by atoms with Crippen LogP contribution in [0.15, 0.2) is 29.2 Å². The van der Waals surface area contributed by atoms with Crippen LogP contribution < -0.4 is 5.32 Å². The lowest BCUT2D eigenvalue weighted by Crippen LogP contribution is -2.09. The number of benzene rings is 1. The number of carboxylic acid groups (broad SMARTS) is 1. The van der Waals surface area contributed by atoms with Crippen LogP contribution in [0.2, 0.25) is 0 Å². The Morgan fingerprint density at radius 1 is 1.35 bits per heavy atom. The molecule has 0 saturated heterocycles. The predicted molar refractivity (Wildman–Crippen MR) is 63.7 cm³/mol. The highest BCUT2D eigenvalue weighted by Crippen LogP contribution is 2.20. The van der Waals surface area contributed by atoms with Crippen LogP contribution >= 0.6 is 11.8 Å². The van der Waals surface area contributed by atoms with Crippen LogP contribution in [0.25, 0.3) is 0 Å². The minimum Gasteiger partial charge on any atom is -0.481 e. The molecule has 88 valence electrons. The standard InChI is InChI=1S/C11H10N2O3S/c12-6-5-10(14)13-8-1-3-9(4-2-8)17-7-11(15)16/h1-4H,5,7H2,(H,13,14)(H,15,16). The number of anilines is 1. The third kappa shape index (κ3) is 5.04. The van der Waals surface area contributed by atoms with E-state index in [0.29, 0.717) is 5.69 Å². The Hall–Kier alpha value is -2.00. The Morgan fingerprint density at radius 3 is 2.53 bits per heavy atom. The number of amides is 1. The van der Waals surface area contributed by atoms with Gasteiger partial charge in [-0.15, -0.1) is 11.8 Å². The fourth-order valence-electron chi connectivity index (χ4n) is 1.06. The molecule has 17 heavy (non-hydrogen) atoms. The summed E-state index contributed by atoms with van der Waals surface area (Å²) >= 11 is 1.20. The lowest BCUT2D eigenvalue weighted by Gasteiger charge is -2.03. The van der Waals surface area contributed by atoms with E-state index in [0.717, 1.165) is 4.90 Å². The quantitative estimate of drug-likeness (QED) is 0.776. The van der Waals surface area contributed by atoms with E-state index in [4.69, 9.17) is 10.4 Å². The van der Waals surface area contributed by atoms with E-state index in [-0.39, 0.29) is 18.1 Å². The van der Waals surface area contributed by atoms with Gasteiger partial charge in [0.05, 0.1) is 11.8 Å². The van der Waals surface area contributed by atoms with Gasteiger partial charge >= 0.3 is 5.97 Å². The van der Waals surface area contributed by atoms with Crippen molar-refractivity contribution in [3.05, 3.63) is 24.3 Å². The SMILES string of the molecule is N#CCC(=O)Nc1ccc(SCC(=O)O)cc1. The Bertz CT molecular complexity index is 451. The normalized spacial score (nSPS) is 9.35. The molecule has 1 aromatic carbocycles. The maximum absolute atomic E-state index is 11.1. The molecule has 0 aliphatic carbocycles.